The highest BCUT2D eigenvalue weighted by molar-refractivity contribution is 7.97. The van der Waals surface area contributed by atoms with Crippen molar-refractivity contribution in [2.75, 3.05) is 11.1 Å². The van der Waals surface area contributed by atoms with E-state index in [1.807, 2.05) is 30.3 Å². The number of carbonyl (C=O) groups is 1. The molecule has 6 N–H and O–H groups in total. The van der Waals surface area contributed by atoms with E-state index >= 15 is 0 Å². The Kier molecular flexibility index (Phi) is 5.85. The van der Waals surface area contributed by atoms with E-state index in [2.05, 4.69) is 10.3 Å². The van der Waals surface area contributed by atoms with E-state index in [4.69, 9.17) is 16.3 Å². The highest BCUT2D eigenvalue weighted by Crippen LogP contribution is 2.23. The maximum atomic E-state index is 12.2. The monoisotopic (exact) mass is 377 g/mol. The molecule has 27 heavy (non-hydrogen) atoms. The number of pyridine rings is 1. The summed E-state index contributed by atoms with van der Waals surface area (Å²) in [5.74, 6) is -0.183. The Morgan fingerprint density at radius 3 is 2.70 bits per heavy atom. The smallest absolute Gasteiger partial charge is 0.230 e. The van der Waals surface area contributed by atoms with Crippen molar-refractivity contribution in [3.63, 3.8) is 0 Å². The maximum Gasteiger partial charge on any atom is 0.230 e. The second-order valence-electron chi connectivity index (χ2n) is 5.87. The lowest BCUT2D eigenvalue weighted by Gasteiger charge is -2.12. The van der Waals surface area contributed by atoms with Gasteiger partial charge in [0.1, 0.15) is 0 Å². The van der Waals surface area contributed by atoms with Crippen molar-refractivity contribution >= 4 is 34.9 Å². The van der Waals surface area contributed by atoms with Gasteiger partial charge in [-0.2, -0.15) is 0 Å². The molecule has 6 nitrogen and oxygen atoms in total. The first-order valence-corrected chi connectivity index (χ1v) is 9.10. The molecule has 0 saturated heterocycles. The van der Waals surface area contributed by atoms with Crippen LogP contribution in [0.4, 0.5) is 11.4 Å². The Balaban J connectivity index is 1.79. The van der Waals surface area contributed by atoms with Crippen LogP contribution >= 0.6 is 11.9 Å². The molecule has 1 amide bonds. The summed E-state index contributed by atoms with van der Waals surface area (Å²) in [5.41, 5.74) is 9.31. The molecular weight excluding hydrogens is 358 g/mol. The van der Waals surface area contributed by atoms with Crippen molar-refractivity contribution in [1.29, 1.82) is 5.41 Å². The van der Waals surface area contributed by atoms with Gasteiger partial charge in [-0.1, -0.05) is 18.2 Å². The molecule has 0 spiro atoms. The summed E-state index contributed by atoms with van der Waals surface area (Å²) in [4.78, 5) is 17.3. The summed E-state index contributed by atoms with van der Waals surface area (Å²) in [6.45, 7) is 0. The third kappa shape index (κ3) is 4.72. The van der Waals surface area contributed by atoms with E-state index in [9.17, 15) is 4.79 Å². The summed E-state index contributed by atoms with van der Waals surface area (Å²) in [5, 5.41) is 16.9. The van der Waals surface area contributed by atoms with Crippen LogP contribution in [0.3, 0.4) is 0 Å². The van der Waals surface area contributed by atoms with Gasteiger partial charge in [0.25, 0.3) is 0 Å². The zero-order valence-electron chi connectivity index (χ0n) is 14.5. The molecule has 136 valence electrons. The van der Waals surface area contributed by atoms with Gasteiger partial charge >= 0.3 is 0 Å². The average Bonchev–Trinajstić information content (AvgIpc) is 2.69. The predicted molar refractivity (Wildman–Crippen MR) is 110 cm³/mol. The second kappa shape index (κ2) is 8.48. The van der Waals surface area contributed by atoms with Crippen molar-refractivity contribution in [3.8, 4) is 0 Å². The Morgan fingerprint density at radius 1 is 1.11 bits per heavy atom. The van der Waals surface area contributed by atoms with Crippen LogP contribution in [0.25, 0.3) is 0 Å². The number of nitrogens with one attached hydrogen (secondary N) is 2. The Morgan fingerprint density at radius 2 is 1.96 bits per heavy atom. The van der Waals surface area contributed by atoms with Crippen LogP contribution in [-0.2, 0) is 11.2 Å². The minimum Gasteiger partial charge on any atom is -0.398 e. The molecule has 7 heteroatoms. The summed E-state index contributed by atoms with van der Waals surface area (Å²) in [6.07, 6.45) is 1.83. The number of nitrogens with two attached hydrogens (primary N) is 2. The minimum atomic E-state index is -0.183. The Bertz CT molecular complexity index is 975. The molecule has 0 radical (unpaired) electrons. The minimum absolute atomic E-state index is 0.174. The fourth-order valence-corrected chi connectivity index (χ4v) is 2.96. The standard InChI is InChI=1S/C20H19N5OS/c21-18-8-7-15(25-19(26)12-14-5-1-2-9-24-14)11-17(18)20(22)13-4-3-6-16(10-13)27-23/h1-11,22H,12,21,23H2,(H,25,26). The lowest BCUT2D eigenvalue weighted by atomic mass is 10.0. The lowest BCUT2D eigenvalue weighted by molar-refractivity contribution is -0.115. The molecule has 3 rings (SSSR count). The maximum absolute atomic E-state index is 12.2. The number of nitrogen functional groups attached to an aromatic ring is 1. The normalized spacial score (nSPS) is 10.4. The molecule has 0 aliphatic carbocycles. The van der Waals surface area contributed by atoms with Crippen molar-refractivity contribution in [3.05, 3.63) is 83.7 Å². The van der Waals surface area contributed by atoms with Crippen LogP contribution in [0.1, 0.15) is 16.8 Å². The summed E-state index contributed by atoms with van der Waals surface area (Å²) >= 11 is 1.12. The molecule has 1 heterocycles. The highest BCUT2D eigenvalue weighted by atomic mass is 32.2. The van der Waals surface area contributed by atoms with Crippen LogP contribution < -0.4 is 16.2 Å². The number of hydrogen-bond acceptors (Lipinski definition) is 6. The quantitative estimate of drug-likeness (QED) is 0.299. The van der Waals surface area contributed by atoms with Gasteiger partial charge in [0.2, 0.25) is 5.91 Å². The highest BCUT2D eigenvalue weighted by Gasteiger charge is 2.12. The topological polar surface area (TPSA) is 118 Å². The first-order chi connectivity index (χ1) is 13.1. The molecule has 0 bridgehead atoms. The zero-order chi connectivity index (χ0) is 19.2. The number of amides is 1. The van der Waals surface area contributed by atoms with Gasteiger partial charge in [0.05, 0.1) is 12.1 Å². The fraction of sp³-hybridized carbons (Fsp3) is 0.0500. The first kappa shape index (κ1) is 18.6. The van der Waals surface area contributed by atoms with Gasteiger partial charge in [-0.15, -0.1) is 0 Å². The number of benzene rings is 2. The Hall–Kier alpha value is -3.16. The molecule has 0 aliphatic heterocycles. The van der Waals surface area contributed by atoms with Gasteiger partial charge in [-0.25, -0.2) is 0 Å². The number of carbonyl (C=O) groups excluding carboxylic acids is 1. The summed E-state index contributed by atoms with van der Waals surface area (Å²) < 4.78 is 0. The van der Waals surface area contributed by atoms with E-state index in [1.165, 1.54) is 0 Å². The summed E-state index contributed by atoms with van der Waals surface area (Å²) in [7, 11) is 0. The second-order valence-corrected chi connectivity index (χ2v) is 6.58. The molecule has 0 unspecified atom stereocenters. The van der Waals surface area contributed by atoms with Gasteiger partial charge in [0.15, 0.2) is 0 Å². The molecule has 0 fully saturated rings. The zero-order valence-corrected chi connectivity index (χ0v) is 15.3. The van der Waals surface area contributed by atoms with Crippen LogP contribution in [0, 0.1) is 5.41 Å². The summed E-state index contributed by atoms with van der Waals surface area (Å²) in [6, 6.07) is 17.9. The molecule has 0 atom stereocenters. The number of nitrogens with zero attached hydrogens (tertiary/aromatic N) is 1. The number of rotatable bonds is 6. The van der Waals surface area contributed by atoms with Crippen LogP contribution in [0.2, 0.25) is 0 Å². The van der Waals surface area contributed by atoms with Crippen molar-refractivity contribution in [2.45, 2.75) is 11.3 Å². The van der Waals surface area contributed by atoms with E-state index < -0.39 is 0 Å². The third-order valence-corrected chi connectivity index (χ3v) is 4.46. The number of aromatic nitrogens is 1. The average molecular weight is 377 g/mol. The van der Waals surface area contributed by atoms with Crippen LogP contribution in [0.5, 0.6) is 0 Å². The van der Waals surface area contributed by atoms with Gasteiger partial charge in [0, 0.05) is 39.3 Å². The van der Waals surface area contributed by atoms with Gasteiger partial charge < -0.3 is 11.1 Å². The van der Waals surface area contributed by atoms with E-state index in [1.54, 1.807) is 36.5 Å². The van der Waals surface area contributed by atoms with E-state index in [0.29, 0.717) is 28.2 Å². The molecule has 0 saturated carbocycles. The van der Waals surface area contributed by atoms with Gasteiger partial charge in [-0.3, -0.25) is 20.3 Å². The number of anilines is 2. The molecule has 2 aromatic carbocycles. The lowest BCUT2D eigenvalue weighted by Crippen LogP contribution is -2.16. The van der Waals surface area contributed by atoms with E-state index in [0.717, 1.165) is 16.8 Å². The third-order valence-electron chi connectivity index (χ3n) is 3.93. The van der Waals surface area contributed by atoms with Crippen molar-refractivity contribution < 1.29 is 4.79 Å². The molecule has 0 aliphatic rings. The van der Waals surface area contributed by atoms with Crippen molar-refractivity contribution in [1.82, 2.24) is 4.98 Å². The van der Waals surface area contributed by atoms with Crippen LogP contribution in [0.15, 0.2) is 71.8 Å². The van der Waals surface area contributed by atoms with Gasteiger partial charge in [-0.05, 0) is 54.4 Å². The molecule has 3 aromatic rings. The molecular formula is C20H19N5OS. The first-order valence-electron chi connectivity index (χ1n) is 8.22. The van der Waals surface area contributed by atoms with Crippen LogP contribution in [-0.4, -0.2) is 16.6 Å². The predicted octanol–water partition coefficient (Wildman–Crippen LogP) is 3.23. The largest absolute Gasteiger partial charge is 0.398 e. The SMILES string of the molecule is N=C(c1cccc(SN)c1)c1cc(NC(=O)Cc2ccccn2)ccc1N. The Labute approximate surface area is 161 Å². The number of hydrogen-bond donors (Lipinski definition) is 4. The molecule has 1 aromatic heterocycles. The van der Waals surface area contributed by atoms with E-state index in [-0.39, 0.29) is 18.0 Å². The fourth-order valence-electron chi connectivity index (χ4n) is 2.60. The van der Waals surface area contributed by atoms with Crippen molar-refractivity contribution in [2.24, 2.45) is 5.14 Å².